The first-order valence-electron chi connectivity index (χ1n) is 3.56. The molecule has 74 valence electrons. The zero-order valence-corrected chi connectivity index (χ0v) is 8.31. The van der Waals surface area contributed by atoms with E-state index in [-0.39, 0.29) is 10.1 Å². The molecule has 0 atom stereocenters. The lowest BCUT2D eigenvalue weighted by molar-refractivity contribution is -0.131. The van der Waals surface area contributed by atoms with Gasteiger partial charge in [-0.1, -0.05) is 29.3 Å². The molecule has 2 nitrogen and oxygen atoms in total. The van der Waals surface area contributed by atoms with Gasteiger partial charge in [-0.25, -0.2) is 9.18 Å². The van der Waals surface area contributed by atoms with Crippen LogP contribution in [0.2, 0.25) is 5.02 Å². The zero-order valence-electron chi connectivity index (χ0n) is 6.80. The molecule has 1 aromatic rings. The van der Waals surface area contributed by atoms with E-state index in [1.807, 2.05) is 0 Å². The van der Waals surface area contributed by atoms with Gasteiger partial charge in [0.15, 0.2) is 0 Å². The van der Waals surface area contributed by atoms with Crippen LogP contribution in [0.1, 0.15) is 5.56 Å². The number of benzene rings is 1. The summed E-state index contributed by atoms with van der Waals surface area (Å²) in [4.78, 5) is 10.3. The van der Waals surface area contributed by atoms with Crippen molar-refractivity contribution in [3.63, 3.8) is 0 Å². The Morgan fingerprint density at radius 3 is 2.64 bits per heavy atom. The molecule has 0 unspecified atom stereocenters. The highest BCUT2D eigenvalue weighted by molar-refractivity contribution is 6.50. The quantitative estimate of drug-likeness (QED) is 0.799. The molecule has 0 amide bonds. The Kier molecular flexibility index (Phi) is 3.49. The second-order valence-electron chi connectivity index (χ2n) is 2.46. The molecule has 1 rings (SSSR count). The van der Waals surface area contributed by atoms with E-state index in [0.717, 1.165) is 12.1 Å². The van der Waals surface area contributed by atoms with Gasteiger partial charge in [0.25, 0.3) is 0 Å². The van der Waals surface area contributed by atoms with Crippen molar-refractivity contribution in [2.45, 2.75) is 0 Å². The van der Waals surface area contributed by atoms with Crippen molar-refractivity contribution in [3.05, 3.63) is 40.7 Å². The third-order valence-corrected chi connectivity index (χ3v) is 2.06. The summed E-state index contributed by atoms with van der Waals surface area (Å²) < 4.78 is 12.7. The number of hydrogen-bond donors (Lipinski definition) is 1. The molecular weight excluding hydrogens is 230 g/mol. The average molecular weight is 235 g/mol. The molecule has 1 aromatic carbocycles. The van der Waals surface area contributed by atoms with Crippen molar-refractivity contribution in [2.24, 2.45) is 0 Å². The number of aliphatic carboxylic acids is 1. The highest BCUT2D eigenvalue weighted by Crippen LogP contribution is 2.23. The Morgan fingerprint density at radius 1 is 1.50 bits per heavy atom. The van der Waals surface area contributed by atoms with Gasteiger partial charge in [-0.2, -0.15) is 0 Å². The number of carboxylic acids is 1. The summed E-state index contributed by atoms with van der Waals surface area (Å²) in [5, 5.41) is 8.30. The van der Waals surface area contributed by atoms with E-state index in [1.54, 1.807) is 0 Å². The van der Waals surface area contributed by atoms with Crippen LogP contribution in [0.15, 0.2) is 24.3 Å². The van der Waals surface area contributed by atoms with E-state index < -0.39 is 11.8 Å². The molecule has 0 aliphatic carbocycles. The van der Waals surface area contributed by atoms with Crippen LogP contribution in [-0.4, -0.2) is 11.1 Å². The molecular formula is C9H5Cl2FO2. The van der Waals surface area contributed by atoms with Gasteiger partial charge in [0.1, 0.15) is 5.82 Å². The van der Waals surface area contributed by atoms with E-state index in [1.165, 1.54) is 12.1 Å². The highest BCUT2D eigenvalue weighted by atomic mass is 35.5. The van der Waals surface area contributed by atoms with Crippen molar-refractivity contribution < 1.29 is 14.3 Å². The molecule has 0 aliphatic rings. The van der Waals surface area contributed by atoms with Crippen LogP contribution in [0.3, 0.4) is 0 Å². The molecule has 5 heteroatoms. The molecule has 0 bridgehead atoms. The average Bonchev–Trinajstić information content (AvgIpc) is 2.08. The Hall–Kier alpha value is -1.06. The van der Waals surface area contributed by atoms with Crippen LogP contribution in [0.25, 0.3) is 5.03 Å². The standard InChI is InChI=1S/C9H5Cl2FO2/c10-6(4-9(13)14)5-1-2-8(12)7(11)3-5/h1-4H,(H,13,14)/b6-4+. The molecule has 0 heterocycles. The number of rotatable bonds is 2. The molecule has 0 fully saturated rings. The van der Waals surface area contributed by atoms with Crippen LogP contribution in [-0.2, 0) is 4.79 Å². The summed E-state index contributed by atoms with van der Waals surface area (Å²) in [6.07, 6.45) is 0.811. The van der Waals surface area contributed by atoms with Crippen LogP contribution in [0.5, 0.6) is 0 Å². The van der Waals surface area contributed by atoms with E-state index in [4.69, 9.17) is 28.3 Å². The van der Waals surface area contributed by atoms with Crippen LogP contribution < -0.4 is 0 Å². The predicted octanol–water partition coefficient (Wildman–Crippen LogP) is 3.14. The molecule has 0 saturated carbocycles. The van der Waals surface area contributed by atoms with E-state index in [2.05, 4.69) is 0 Å². The Balaban J connectivity index is 3.09. The maximum absolute atomic E-state index is 12.7. The lowest BCUT2D eigenvalue weighted by Crippen LogP contribution is -1.89. The van der Waals surface area contributed by atoms with E-state index >= 15 is 0 Å². The molecule has 0 saturated heterocycles. The second kappa shape index (κ2) is 4.44. The Morgan fingerprint density at radius 2 is 2.14 bits per heavy atom. The van der Waals surface area contributed by atoms with E-state index in [9.17, 15) is 9.18 Å². The summed E-state index contributed by atoms with van der Waals surface area (Å²) in [5.41, 5.74) is 0.362. The molecule has 0 radical (unpaired) electrons. The van der Waals surface area contributed by atoms with Gasteiger partial charge in [-0.15, -0.1) is 0 Å². The first-order chi connectivity index (χ1) is 6.50. The van der Waals surface area contributed by atoms with Crippen molar-refractivity contribution >= 4 is 34.2 Å². The van der Waals surface area contributed by atoms with Crippen LogP contribution in [0.4, 0.5) is 4.39 Å². The van der Waals surface area contributed by atoms with Gasteiger partial charge in [-0.3, -0.25) is 0 Å². The van der Waals surface area contributed by atoms with Crippen molar-refractivity contribution in [2.75, 3.05) is 0 Å². The lowest BCUT2D eigenvalue weighted by atomic mass is 10.2. The zero-order chi connectivity index (χ0) is 10.7. The van der Waals surface area contributed by atoms with Gasteiger partial charge in [0.2, 0.25) is 0 Å². The Labute approximate surface area is 89.6 Å². The molecule has 0 spiro atoms. The van der Waals surface area contributed by atoms with Crippen molar-refractivity contribution in [1.29, 1.82) is 0 Å². The van der Waals surface area contributed by atoms with Crippen LogP contribution in [0, 0.1) is 5.82 Å². The van der Waals surface area contributed by atoms with Gasteiger partial charge in [0.05, 0.1) is 10.1 Å². The molecule has 0 aliphatic heterocycles. The number of hydrogen-bond acceptors (Lipinski definition) is 1. The normalized spacial score (nSPS) is 11.5. The maximum atomic E-state index is 12.7. The number of carbonyl (C=O) groups is 1. The van der Waals surface area contributed by atoms with Gasteiger partial charge in [0, 0.05) is 6.08 Å². The third-order valence-electron chi connectivity index (χ3n) is 1.45. The first kappa shape index (κ1) is 11.0. The summed E-state index contributed by atoms with van der Waals surface area (Å²) in [6, 6.07) is 3.73. The topological polar surface area (TPSA) is 37.3 Å². The molecule has 1 N–H and O–H groups in total. The first-order valence-corrected chi connectivity index (χ1v) is 4.32. The van der Waals surface area contributed by atoms with Crippen LogP contribution >= 0.6 is 23.2 Å². The lowest BCUT2D eigenvalue weighted by Gasteiger charge is -1.99. The van der Waals surface area contributed by atoms with E-state index in [0.29, 0.717) is 5.56 Å². The van der Waals surface area contributed by atoms with Gasteiger partial charge in [-0.05, 0) is 17.7 Å². The minimum absolute atomic E-state index is 0.000556. The fourth-order valence-electron chi connectivity index (χ4n) is 0.836. The van der Waals surface area contributed by atoms with Gasteiger partial charge < -0.3 is 5.11 Å². The summed E-state index contributed by atoms with van der Waals surface area (Å²) in [6.45, 7) is 0. The molecule has 0 aromatic heterocycles. The summed E-state index contributed by atoms with van der Waals surface area (Å²) >= 11 is 11.1. The second-order valence-corrected chi connectivity index (χ2v) is 3.27. The number of carboxylic acid groups (broad SMARTS) is 1. The molecule has 14 heavy (non-hydrogen) atoms. The fourth-order valence-corrected chi connectivity index (χ4v) is 1.23. The van der Waals surface area contributed by atoms with Crippen molar-refractivity contribution in [1.82, 2.24) is 0 Å². The summed E-state index contributed by atoms with van der Waals surface area (Å²) in [5.74, 6) is -1.74. The van der Waals surface area contributed by atoms with Gasteiger partial charge >= 0.3 is 5.97 Å². The number of halogens is 3. The predicted molar refractivity (Wildman–Crippen MR) is 52.9 cm³/mol. The minimum atomic E-state index is -1.17. The SMILES string of the molecule is O=C(O)/C=C(/Cl)c1ccc(F)c(Cl)c1. The van der Waals surface area contributed by atoms with Crippen molar-refractivity contribution in [3.8, 4) is 0 Å². The fraction of sp³-hybridized carbons (Fsp3) is 0. The smallest absolute Gasteiger partial charge is 0.329 e. The summed E-state index contributed by atoms with van der Waals surface area (Å²) in [7, 11) is 0. The monoisotopic (exact) mass is 234 g/mol. The minimum Gasteiger partial charge on any atom is -0.478 e. The maximum Gasteiger partial charge on any atom is 0.329 e. The largest absolute Gasteiger partial charge is 0.478 e. The highest BCUT2D eigenvalue weighted by Gasteiger charge is 2.04. The Bertz CT molecular complexity index is 402. The third kappa shape index (κ3) is 2.72.